The Kier molecular flexibility index (Phi) is 3.78. The Labute approximate surface area is 114 Å². The second-order valence-corrected chi connectivity index (χ2v) is 5.00. The molecule has 0 aliphatic heterocycles. The monoisotopic (exact) mass is 340 g/mol. The molecule has 17 heavy (non-hydrogen) atoms. The van der Waals surface area contributed by atoms with Crippen molar-refractivity contribution in [1.82, 2.24) is 9.97 Å². The lowest BCUT2D eigenvalue weighted by atomic mass is 10.2. The van der Waals surface area contributed by atoms with Gasteiger partial charge in [0.25, 0.3) is 0 Å². The van der Waals surface area contributed by atoms with Crippen molar-refractivity contribution in [2.24, 2.45) is 0 Å². The zero-order valence-corrected chi connectivity index (χ0v) is 11.6. The molecule has 5 heteroatoms. The average Bonchev–Trinajstić information content (AvgIpc) is 2.33. The van der Waals surface area contributed by atoms with Crippen molar-refractivity contribution in [3.8, 4) is 0 Å². The number of nitrogen functional groups attached to an aromatic ring is 1. The lowest BCUT2D eigenvalue weighted by Crippen LogP contribution is -2.19. The number of para-hydroxylation sites is 1. The summed E-state index contributed by atoms with van der Waals surface area (Å²) in [5, 5.41) is 0. The molecule has 0 spiro atoms. The van der Waals surface area contributed by atoms with E-state index in [1.807, 2.05) is 36.2 Å². The van der Waals surface area contributed by atoms with Gasteiger partial charge in [0.05, 0.1) is 0 Å². The highest BCUT2D eigenvalue weighted by atomic mass is 127. The molecule has 2 aromatic rings. The van der Waals surface area contributed by atoms with Gasteiger partial charge in [-0.3, -0.25) is 0 Å². The highest BCUT2D eigenvalue weighted by Gasteiger charge is 2.06. The fourth-order valence-electron chi connectivity index (χ4n) is 1.51. The number of nitrogens with two attached hydrogens (primary N) is 1. The van der Waals surface area contributed by atoms with E-state index < -0.39 is 0 Å². The number of nitrogens with zero attached hydrogens (tertiary/aromatic N) is 3. The van der Waals surface area contributed by atoms with E-state index in [-0.39, 0.29) is 0 Å². The first kappa shape index (κ1) is 12.1. The predicted octanol–water partition coefficient (Wildman–Crippen LogP) is 2.30. The lowest BCUT2D eigenvalue weighted by molar-refractivity contribution is 0.866. The molecule has 2 rings (SSSR count). The van der Waals surface area contributed by atoms with E-state index in [0.29, 0.717) is 12.5 Å². The third kappa shape index (κ3) is 3.06. The normalized spacial score (nSPS) is 10.2. The van der Waals surface area contributed by atoms with Gasteiger partial charge in [-0.15, -0.1) is 0 Å². The molecule has 1 aromatic carbocycles. The Balaban J connectivity index is 2.14. The van der Waals surface area contributed by atoms with Crippen LogP contribution < -0.4 is 10.6 Å². The Bertz CT molecular complexity index is 498. The minimum atomic E-state index is 0.702. The van der Waals surface area contributed by atoms with Gasteiger partial charge in [0, 0.05) is 35.2 Å². The van der Waals surface area contributed by atoms with E-state index >= 15 is 0 Å². The summed E-state index contributed by atoms with van der Waals surface area (Å²) >= 11 is 2.19. The van der Waals surface area contributed by atoms with Gasteiger partial charge in [-0.25, -0.2) is 9.97 Å². The lowest BCUT2D eigenvalue weighted by Gasteiger charge is -2.17. The summed E-state index contributed by atoms with van der Waals surface area (Å²) in [6.07, 6.45) is 3.60. The summed E-state index contributed by atoms with van der Waals surface area (Å²) < 4.78 is 1.03. The molecule has 0 atom stereocenters. The number of benzene rings is 1. The van der Waals surface area contributed by atoms with E-state index in [0.717, 1.165) is 14.8 Å². The van der Waals surface area contributed by atoms with Gasteiger partial charge in [0.1, 0.15) is 0 Å². The summed E-state index contributed by atoms with van der Waals surface area (Å²) in [4.78, 5) is 10.5. The smallest absolute Gasteiger partial charge is 0.225 e. The van der Waals surface area contributed by atoms with E-state index in [4.69, 9.17) is 5.73 Å². The van der Waals surface area contributed by atoms with Crippen molar-refractivity contribution in [3.63, 3.8) is 0 Å². The fraction of sp³-hybridized carbons (Fsp3) is 0.167. The Hall–Kier alpha value is -1.37. The van der Waals surface area contributed by atoms with Gasteiger partial charge >= 0.3 is 0 Å². The van der Waals surface area contributed by atoms with Crippen LogP contribution in [0.4, 0.5) is 11.6 Å². The van der Waals surface area contributed by atoms with Crippen LogP contribution in [0.1, 0.15) is 5.56 Å². The summed E-state index contributed by atoms with van der Waals surface area (Å²) in [6, 6.07) is 7.82. The first-order chi connectivity index (χ1) is 8.16. The van der Waals surface area contributed by atoms with E-state index in [1.165, 1.54) is 0 Å². The van der Waals surface area contributed by atoms with Crippen LogP contribution in [0.2, 0.25) is 0 Å². The number of hydrogen-bond donors (Lipinski definition) is 1. The molecule has 0 saturated heterocycles. The van der Waals surface area contributed by atoms with Gasteiger partial charge in [-0.05, 0) is 34.2 Å². The maximum Gasteiger partial charge on any atom is 0.225 e. The first-order valence-electron chi connectivity index (χ1n) is 5.19. The molecule has 0 aliphatic rings. The second-order valence-electron chi connectivity index (χ2n) is 3.76. The van der Waals surface area contributed by atoms with Gasteiger partial charge < -0.3 is 10.6 Å². The number of aromatic nitrogens is 2. The van der Waals surface area contributed by atoms with Gasteiger partial charge in [-0.1, -0.05) is 18.2 Å². The molecule has 1 heterocycles. The van der Waals surface area contributed by atoms with Crippen molar-refractivity contribution in [1.29, 1.82) is 0 Å². The van der Waals surface area contributed by atoms with Crippen LogP contribution >= 0.6 is 22.6 Å². The van der Waals surface area contributed by atoms with Crippen LogP contribution in [0.15, 0.2) is 36.7 Å². The third-order valence-electron chi connectivity index (χ3n) is 2.41. The van der Waals surface area contributed by atoms with Crippen molar-refractivity contribution >= 4 is 34.2 Å². The number of halogens is 1. The number of hydrogen-bond acceptors (Lipinski definition) is 4. The highest BCUT2D eigenvalue weighted by Crippen LogP contribution is 2.15. The largest absolute Gasteiger partial charge is 0.398 e. The highest BCUT2D eigenvalue weighted by molar-refractivity contribution is 14.1. The van der Waals surface area contributed by atoms with Gasteiger partial charge in [-0.2, -0.15) is 0 Å². The predicted molar refractivity (Wildman–Crippen MR) is 77.7 cm³/mol. The topological polar surface area (TPSA) is 55.0 Å². The quantitative estimate of drug-likeness (QED) is 0.688. The zero-order chi connectivity index (χ0) is 12.3. The van der Waals surface area contributed by atoms with Crippen molar-refractivity contribution in [2.75, 3.05) is 17.7 Å². The van der Waals surface area contributed by atoms with E-state index in [2.05, 4.69) is 32.6 Å². The maximum absolute atomic E-state index is 5.90. The fourth-order valence-corrected chi connectivity index (χ4v) is 1.79. The summed E-state index contributed by atoms with van der Waals surface area (Å²) in [6.45, 7) is 0.702. The molecule has 0 fully saturated rings. The molecule has 0 bridgehead atoms. The molecule has 0 saturated carbocycles. The molecular formula is C12H13IN4. The van der Waals surface area contributed by atoms with Crippen molar-refractivity contribution < 1.29 is 0 Å². The van der Waals surface area contributed by atoms with Crippen LogP contribution in [0.5, 0.6) is 0 Å². The van der Waals surface area contributed by atoms with E-state index in [1.54, 1.807) is 12.4 Å². The van der Waals surface area contributed by atoms with Crippen LogP contribution in [-0.2, 0) is 6.54 Å². The second kappa shape index (κ2) is 5.31. The standard InChI is InChI=1S/C12H13IN4/c1-17(12-15-6-10(13)7-16-12)8-9-4-2-3-5-11(9)14/h2-7H,8,14H2,1H3. The molecule has 0 amide bonds. The molecule has 4 nitrogen and oxygen atoms in total. The maximum atomic E-state index is 5.90. The van der Waals surface area contributed by atoms with Gasteiger partial charge in [0.2, 0.25) is 5.95 Å². The average molecular weight is 340 g/mol. The molecule has 2 N–H and O–H groups in total. The molecule has 88 valence electrons. The van der Waals surface area contributed by atoms with Crippen LogP contribution in [0.3, 0.4) is 0 Å². The molecule has 1 aromatic heterocycles. The summed E-state index contributed by atoms with van der Waals surface area (Å²) in [5.41, 5.74) is 7.78. The summed E-state index contributed by atoms with van der Waals surface area (Å²) in [5.74, 6) is 0.702. The molecular weight excluding hydrogens is 327 g/mol. The third-order valence-corrected chi connectivity index (χ3v) is 2.97. The van der Waals surface area contributed by atoms with E-state index in [9.17, 15) is 0 Å². The van der Waals surface area contributed by atoms with Gasteiger partial charge in [0.15, 0.2) is 0 Å². The minimum Gasteiger partial charge on any atom is -0.398 e. The SMILES string of the molecule is CN(Cc1ccccc1N)c1ncc(I)cn1. The molecule has 0 unspecified atom stereocenters. The van der Waals surface area contributed by atoms with Crippen LogP contribution in [0, 0.1) is 3.57 Å². The van der Waals surface area contributed by atoms with Crippen molar-refractivity contribution in [3.05, 3.63) is 45.8 Å². The molecule has 0 radical (unpaired) electrons. The Morgan fingerprint density at radius 2 is 1.88 bits per heavy atom. The summed E-state index contributed by atoms with van der Waals surface area (Å²) in [7, 11) is 1.95. The zero-order valence-electron chi connectivity index (χ0n) is 9.47. The van der Waals surface area contributed by atoms with Crippen LogP contribution in [0.25, 0.3) is 0 Å². The first-order valence-corrected chi connectivity index (χ1v) is 6.27. The number of rotatable bonds is 3. The minimum absolute atomic E-state index is 0.702. The Morgan fingerprint density at radius 1 is 1.24 bits per heavy atom. The number of anilines is 2. The van der Waals surface area contributed by atoms with Crippen LogP contribution in [-0.4, -0.2) is 17.0 Å². The van der Waals surface area contributed by atoms with Crippen molar-refractivity contribution in [2.45, 2.75) is 6.54 Å². The Morgan fingerprint density at radius 3 is 2.53 bits per heavy atom. The molecule has 0 aliphatic carbocycles.